The van der Waals surface area contributed by atoms with Crippen LogP contribution >= 0.6 is 0 Å². The average molecular weight is 233 g/mol. The predicted octanol–water partition coefficient (Wildman–Crippen LogP) is 2.48. The highest BCUT2D eigenvalue weighted by Crippen LogP contribution is 2.32. The number of hydrogen-bond acceptors (Lipinski definition) is 3. The Morgan fingerprint density at radius 2 is 2.06 bits per heavy atom. The number of rotatable bonds is 3. The maximum Gasteiger partial charge on any atom is 0.163 e. The molecule has 1 heterocycles. The molecule has 0 saturated carbocycles. The van der Waals surface area contributed by atoms with Crippen molar-refractivity contribution >= 4 is 6.08 Å². The lowest BCUT2D eigenvalue weighted by molar-refractivity contribution is -0.139. The molecule has 2 rings (SSSR count). The summed E-state index contributed by atoms with van der Waals surface area (Å²) in [5.41, 5.74) is 7.72. The van der Waals surface area contributed by atoms with Crippen LogP contribution in [0.1, 0.15) is 31.1 Å². The van der Waals surface area contributed by atoms with Crippen molar-refractivity contribution in [1.29, 1.82) is 0 Å². The van der Waals surface area contributed by atoms with Crippen molar-refractivity contribution in [2.45, 2.75) is 25.7 Å². The van der Waals surface area contributed by atoms with Gasteiger partial charge in [-0.15, -0.1) is 0 Å². The molecule has 0 radical (unpaired) electrons. The Morgan fingerprint density at radius 1 is 1.35 bits per heavy atom. The highest BCUT2D eigenvalue weighted by molar-refractivity contribution is 5.50. The number of ether oxygens (including phenoxy) is 2. The highest BCUT2D eigenvalue weighted by atomic mass is 16.7. The van der Waals surface area contributed by atoms with E-state index < -0.39 is 5.79 Å². The fourth-order valence-electron chi connectivity index (χ4n) is 1.88. The molecule has 17 heavy (non-hydrogen) atoms. The SMILES string of the molecule is CC1(C)OCC(c2ccc(/C=C/CN)cc2)O1. The second-order valence-corrected chi connectivity index (χ2v) is 4.62. The van der Waals surface area contributed by atoms with Crippen molar-refractivity contribution in [3.05, 3.63) is 41.5 Å². The van der Waals surface area contributed by atoms with Crippen LogP contribution in [-0.4, -0.2) is 18.9 Å². The largest absolute Gasteiger partial charge is 0.347 e. The molecule has 0 bridgehead atoms. The molecule has 0 aromatic heterocycles. The first kappa shape index (κ1) is 12.3. The summed E-state index contributed by atoms with van der Waals surface area (Å²) in [6.07, 6.45) is 3.99. The van der Waals surface area contributed by atoms with E-state index in [2.05, 4.69) is 24.3 Å². The monoisotopic (exact) mass is 233 g/mol. The summed E-state index contributed by atoms with van der Waals surface area (Å²) >= 11 is 0. The molecule has 1 aromatic rings. The Hall–Kier alpha value is -1.16. The van der Waals surface area contributed by atoms with Crippen LogP contribution in [0.2, 0.25) is 0 Å². The van der Waals surface area contributed by atoms with E-state index in [9.17, 15) is 0 Å². The lowest BCUT2D eigenvalue weighted by atomic mass is 10.1. The Bertz CT molecular complexity index is 395. The summed E-state index contributed by atoms with van der Waals surface area (Å²) in [5.74, 6) is -0.469. The second kappa shape index (κ2) is 5.00. The molecule has 92 valence electrons. The molecule has 3 heteroatoms. The van der Waals surface area contributed by atoms with Crippen LogP contribution in [0.15, 0.2) is 30.3 Å². The van der Waals surface area contributed by atoms with Crippen LogP contribution in [0, 0.1) is 0 Å². The minimum atomic E-state index is -0.469. The van der Waals surface area contributed by atoms with Crippen molar-refractivity contribution in [2.75, 3.05) is 13.2 Å². The normalized spacial score (nSPS) is 23.4. The summed E-state index contributed by atoms with van der Waals surface area (Å²) < 4.78 is 11.3. The minimum absolute atomic E-state index is 0.0394. The minimum Gasteiger partial charge on any atom is -0.347 e. The fourth-order valence-corrected chi connectivity index (χ4v) is 1.88. The van der Waals surface area contributed by atoms with E-state index in [1.807, 2.05) is 26.0 Å². The third-order valence-corrected chi connectivity index (χ3v) is 2.76. The summed E-state index contributed by atoms with van der Waals surface area (Å²) in [6.45, 7) is 5.05. The third kappa shape index (κ3) is 3.16. The van der Waals surface area contributed by atoms with Gasteiger partial charge in [-0.25, -0.2) is 0 Å². The van der Waals surface area contributed by atoms with Crippen LogP contribution in [0.5, 0.6) is 0 Å². The van der Waals surface area contributed by atoms with E-state index in [0.29, 0.717) is 13.2 Å². The maximum absolute atomic E-state index is 5.80. The van der Waals surface area contributed by atoms with E-state index in [0.717, 1.165) is 11.1 Å². The molecule has 3 nitrogen and oxygen atoms in total. The molecule has 1 unspecified atom stereocenters. The molecule has 1 fully saturated rings. The fraction of sp³-hybridized carbons (Fsp3) is 0.429. The van der Waals surface area contributed by atoms with E-state index in [4.69, 9.17) is 15.2 Å². The summed E-state index contributed by atoms with van der Waals surface area (Å²) in [4.78, 5) is 0. The standard InChI is InChI=1S/C14H19NO2/c1-14(2)16-10-13(17-14)12-7-5-11(6-8-12)4-3-9-15/h3-8,13H,9-10,15H2,1-2H3/b4-3+. The zero-order valence-electron chi connectivity index (χ0n) is 10.3. The van der Waals surface area contributed by atoms with Gasteiger partial charge in [0.25, 0.3) is 0 Å². The molecule has 0 amide bonds. The highest BCUT2D eigenvalue weighted by Gasteiger charge is 2.33. The van der Waals surface area contributed by atoms with Crippen LogP contribution < -0.4 is 5.73 Å². The zero-order valence-corrected chi connectivity index (χ0v) is 10.3. The molecule has 1 aromatic carbocycles. The van der Waals surface area contributed by atoms with Crippen LogP contribution in [0.3, 0.4) is 0 Å². The van der Waals surface area contributed by atoms with Crippen molar-refractivity contribution in [3.63, 3.8) is 0 Å². The summed E-state index contributed by atoms with van der Waals surface area (Å²) in [7, 11) is 0. The van der Waals surface area contributed by atoms with Gasteiger partial charge in [0, 0.05) is 6.54 Å². The molecular formula is C14H19NO2. The quantitative estimate of drug-likeness (QED) is 0.872. The van der Waals surface area contributed by atoms with Gasteiger partial charge in [-0.2, -0.15) is 0 Å². The van der Waals surface area contributed by atoms with E-state index in [1.54, 1.807) is 0 Å². The first-order chi connectivity index (χ1) is 8.11. The van der Waals surface area contributed by atoms with Gasteiger partial charge in [-0.05, 0) is 25.0 Å². The molecular weight excluding hydrogens is 214 g/mol. The van der Waals surface area contributed by atoms with Gasteiger partial charge in [-0.1, -0.05) is 36.4 Å². The van der Waals surface area contributed by atoms with Gasteiger partial charge >= 0.3 is 0 Å². The molecule has 1 atom stereocenters. The van der Waals surface area contributed by atoms with Gasteiger partial charge in [0.2, 0.25) is 0 Å². The van der Waals surface area contributed by atoms with Gasteiger partial charge in [0.1, 0.15) is 6.10 Å². The Labute approximate surface area is 102 Å². The molecule has 2 N–H and O–H groups in total. The van der Waals surface area contributed by atoms with Crippen LogP contribution in [0.25, 0.3) is 6.08 Å². The Balaban J connectivity index is 2.06. The number of benzene rings is 1. The number of nitrogens with two attached hydrogens (primary N) is 1. The topological polar surface area (TPSA) is 44.5 Å². The van der Waals surface area contributed by atoms with Gasteiger partial charge < -0.3 is 15.2 Å². The van der Waals surface area contributed by atoms with E-state index >= 15 is 0 Å². The predicted molar refractivity (Wildman–Crippen MR) is 68.4 cm³/mol. The van der Waals surface area contributed by atoms with Crippen molar-refractivity contribution in [2.24, 2.45) is 5.73 Å². The summed E-state index contributed by atoms with van der Waals surface area (Å²) in [6, 6.07) is 8.28. The lowest BCUT2D eigenvalue weighted by Gasteiger charge is -2.17. The smallest absolute Gasteiger partial charge is 0.163 e. The molecule has 1 aliphatic heterocycles. The van der Waals surface area contributed by atoms with Gasteiger partial charge in [0.15, 0.2) is 5.79 Å². The molecule has 1 aliphatic rings. The average Bonchev–Trinajstić information content (AvgIpc) is 2.68. The van der Waals surface area contributed by atoms with E-state index in [1.165, 1.54) is 0 Å². The van der Waals surface area contributed by atoms with Crippen LogP contribution in [0.4, 0.5) is 0 Å². The first-order valence-electron chi connectivity index (χ1n) is 5.89. The molecule has 0 spiro atoms. The van der Waals surface area contributed by atoms with Gasteiger partial charge in [-0.3, -0.25) is 0 Å². The van der Waals surface area contributed by atoms with E-state index in [-0.39, 0.29) is 6.10 Å². The molecule has 1 saturated heterocycles. The zero-order chi connectivity index (χ0) is 12.3. The van der Waals surface area contributed by atoms with Crippen molar-refractivity contribution in [1.82, 2.24) is 0 Å². The molecule has 0 aliphatic carbocycles. The van der Waals surface area contributed by atoms with Gasteiger partial charge in [0.05, 0.1) is 6.61 Å². The van der Waals surface area contributed by atoms with Crippen molar-refractivity contribution in [3.8, 4) is 0 Å². The number of hydrogen-bond donors (Lipinski definition) is 1. The first-order valence-corrected chi connectivity index (χ1v) is 5.89. The second-order valence-electron chi connectivity index (χ2n) is 4.62. The Kier molecular flexibility index (Phi) is 3.62. The summed E-state index contributed by atoms with van der Waals surface area (Å²) in [5, 5.41) is 0. The lowest BCUT2D eigenvalue weighted by Crippen LogP contribution is -2.19. The third-order valence-electron chi connectivity index (χ3n) is 2.76. The van der Waals surface area contributed by atoms with Crippen molar-refractivity contribution < 1.29 is 9.47 Å². The Morgan fingerprint density at radius 3 is 2.59 bits per heavy atom. The maximum atomic E-state index is 5.80. The van der Waals surface area contributed by atoms with Crippen LogP contribution in [-0.2, 0) is 9.47 Å².